The lowest BCUT2D eigenvalue weighted by Crippen LogP contribution is -2.11. The van der Waals surface area contributed by atoms with Gasteiger partial charge < -0.3 is 16.2 Å². The Balaban J connectivity index is 2.05. The fourth-order valence-electron chi connectivity index (χ4n) is 1.93. The number of phenols is 1. The molecule has 0 radical (unpaired) electrons. The molecule has 0 aliphatic heterocycles. The van der Waals surface area contributed by atoms with Gasteiger partial charge >= 0.3 is 0 Å². The molecule has 0 aromatic heterocycles. The van der Waals surface area contributed by atoms with Crippen molar-refractivity contribution >= 4 is 11.6 Å². The van der Waals surface area contributed by atoms with Crippen molar-refractivity contribution in [2.24, 2.45) is 5.73 Å². The standard InChI is InChI=1S/C16H18N2O2/c17-10-2-4-12-3-1-5-14(11-12)18-16(20)13-6-8-15(19)9-7-13/h1,3,5-9,11,19H,2,4,10,17H2,(H,18,20). The second kappa shape index (κ2) is 6.73. The molecule has 20 heavy (non-hydrogen) atoms. The summed E-state index contributed by atoms with van der Waals surface area (Å²) in [7, 11) is 0. The van der Waals surface area contributed by atoms with E-state index in [0.29, 0.717) is 12.1 Å². The molecule has 0 spiro atoms. The molecule has 2 aromatic carbocycles. The average Bonchev–Trinajstić information content (AvgIpc) is 2.46. The molecule has 0 unspecified atom stereocenters. The molecule has 0 atom stereocenters. The normalized spacial score (nSPS) is 10.2. The quantitative estimate of drug-likeness (QED) is 0.781. The lowest BCUT2D eigenvalue weighted by molar-refractivity contribution is 0.102. The van der Waals surface area contributed by atoms with Crippen LogP contribution in [0.4, 0.5) is 5.69 Å². The highest BCUT2D eigenvalue weighted by molar-refractivity contribution is 6.04. The summed E-state index contributed by atoms with van der Waals surface area (Å²) in [6.45, 7) is 0.657. The molecule has 0 bridgehead atoms. The van der Waals surface area contributed by atoms with Crippen LogP contribution in [0.15, 0.2) is 48.5 Å². The number of carbonyl (C=O) groups is 1. The Hall–Kier alpha value is -2.33. The third kappa shape index (κ3) is 3.83. The number of anilines is 1. The predicted octanol–water partition coefficient (Wildman–Crippen LogP) is 2.54. The molecule has 0 saturated carbocycles. The van der Waals surface area contributed by atoms with Crippen molar-refractivity contribution in [3.63, 3.8) is 0 Å². The van der Waals surface area contributed by atoms with Crippen LogP contribution in [-0.4, -0.2) is 17.6 Å². The molecular weight excluding hydrogens is 252 g/mol. The molecule has 4 N–H and O–H groups in total. The van der Waals surface area contributed by atoms with E-state index in [1.807, 2.05) is 24.3 Å². The van der Waals surface area contributed by atoms with Gasteiger partial charge in [-0.15, -0.1) is 0 Å². The second-order valence-electron chi connectivity index (χ2n) is 4.59. The molecule has 1 amide bonds. The highest BCUT2D eigenvalue weighted by Gasteiger charge is 2.06. The van der Waals surface area contributed by atoms with Gasteiger partial charge in [-0.25, -0.2) is 0 Å². The lowest BCUT2D eigenvalue weighted by Gasteiger charge is -2.07. The summed E-state index contributed by atoms with van der Waals surface area (Å²) < 4.78 is 0. The SMILES string of the molecule is NCCCc1cccc(NC(=O)c2ccc(O)cc2)c1. The zero-order chi connectivity index (χ0) is 14.4. The zero-order valence-electron chi connectivity index (χ0n) is 11.2. The van der Waals surface area contributed by atoms with Gasteiger partial charge in [0.1, 0.15) is 5.75 Å². The van der Waals surface area contributed by atoms with E-state index >= 15 is 0 Å². The molecule has 4 nitrogen and oxygen atoms in total. The van der Waals surface area contributed by atoms with E-state index in [-0.39, 0.29) is 11.7 Å². The number of hydrogen-bond donors (Lipinski definition) is 3. The first-order chi connectivity index (χ1) is 9.69. The minimum Gasteiger partial charge on any atom is -0.508 e. The Labute approximate surface area is 118 Å². The van der Waals surface area contributed by atoms with E-state index in [2.05, 4.69) is 5.32 Å². The molecule has 0 aliphatic carbocycles. The highest BCUT2D eigenvalue weighted by Crippen LogP contribution is 2.15. The fourth-order valence-corrected chi connectivity index (χ4v) is 1.93. The van der Waals surface area contributed by atoms with Gasteiger partial charge in [-0.1, -0.05) is 12.1 Å². The number of nitrogens with one attached hydrogen (secondary N) is 1. The van der Waals surface area contributed by atoms with Crippen LogP contribution in [0.1, 0.15) is 22.3 Å². The van der Waals surface area contributed by atoms with Crippen molar-refractivity contribution in [3.8, 4) is 5.75 Å². The fraction of sp³-hybridized carbons (Fsp3) is 0.188. The van der Waals surface area contributed by atoms with E-state index in [9.17, 15) is 9.90 Å². The Morgan fingerprint density at radius 1 is 1.15 bits per heavy atom. The van der Waals surface area contributed by atoms with Crippen molar-refractivity contribution in [2.75, 3.05) is 11.9 Å². The maximum atomic E-state index is 12.0. The van der Waals surface area contributed by atoms with E-state index in [4.69, 9.17) is 5.73 Å². The Morgan fingerprint density at radius 3 is 2.60 bits per heavy atom. The van der Waals surface area contributed by atoms with Crippen LogP contribution < -0.4 is 11.1 Å². The minimum absolute atomic E-state index is 0.144. The van der Waals surface area contributed by atoms with Crippen LogP contribution in [0.25, 0.3) is 0 Å². The number of amides is 1. The summed E-state index contributed by atoms with van der Waals surface area (Å²) in [5.74, 6) is -0.0497. The first kappa shape index (κ1) is 14.1. The largest absolute Gasteiger partial charge is 0.508 e. The number of phenolic OH excluding ortho intramolecular Hbond substituents is 1. The number of rotatable bonds is 5. The summed E-state index contributed by atoms with van der Waals surface area (Å²) in [5, 5.41) is 12.0. The first-order valence-electron chi connectivity index (χ1n) is 6.58. The number of nitrogens with two attached hydrogens (primary N) is 1. The summed E-state index contributed by atoms with van der Waals surface area (Å²) in [4.78, 5) is 12.0. The Kier molecular flexibility index (Phi) is 4.74. The molecule has 0 saturated heterocycles. The van der Waals surface area contributed by atoms with Gasteiger partial charge in [0.25, 0.3) is 5.91 Å². The van der Waals surface area contributed by atoms with Crippen LogP contribution in [0.2, 0.25) is 0 Å². The zero-order valence-corrected chi connectivity index (χ0v) is 11.2. The third-order valence-corrected chi connectivity index (χ3v) is 2.98. The summed E-state index contributed by atoms with van der Waals surface area (Å²) in [6.07, 6.45) is 1.83. The minimum atomic E-state index is -0.194. The van der Waals surface area contributed by atoms with Crippen LogP contribution in [-0.2, 0) is 6.42 Å². The van der Waals surface area contributed by atoms with Gasteiger partial charge in [0.15, 0.2) is 0 Å². The van der Waals surface area contributed by atoms with Crippen molar-refractivity contribution in [3.05, 3.63) is 59.7 Å². The topological polar surface area (TPSA) is 75.3 Å². The molecule has 2 rings (SSSR count). The van der Waals surface area contributed by atoms with Gasteiger partial charge in [0.05, 0.1) is 0 Å². The summed E-state index contributed by atoms with van der Waals surface area (Å²) in [5.41, 5.74) is 7.92. The van der Waals surface area contributed by atoms with Crippen LogP contribution in [0.3, 0.4) is 0 Å². The monoisotopic (exact) mass is 270 g/mol. The van der Waals surface area contributed by atoms with Gasteiger partial charge in [-0.2, -0.15) is 0 Å². The Bertz CT molecular complexity index is 579. The molecule has 104 valence electrons. The van der Waals surface area contributed by atoms with Crippen molar-refractivity contribution < 1.29 is 9.90 Å². The molecule has 2 aromatic rings. The molecule has 0 heterocycles. The first-order valence-corrected chi connectivity index (χ1v) is 6.58. The van der Waals surface area contributed by atoms with E-state index < -0.39 is 0 Å². The maximum Gasteiger partial charge on any atom is 0.255 e. The molecule has 0 fully saturated rings. The molecule has 4 heteroatoms. The van der Waals surface area contributed by atoms with E-state index in [1.54, 1.807) is 12.1 Å². The van der Waals surface area contributed by atoms with Gasteiger partial charge in [0, 0.05) is 11.3 Å². The van der Waals surface area contributed by atoms with Crippen LogP contribution in [0.5, 0.6) is 5.75 Å². The summed E-state index contributed by atoms with van der Waals surface area (Å²) >= 11 is 0. The van der Waals surface area contributed by atoms with Crippen molar-refractivity contribution in [1.29, 1.82) is 0 Å². The lowest BCUT2D eigenvalue weighted by atomic mass is 10.1. The van der Waals surface area contributed by atoms with Crippen molar-refractivity contribution in [2.45, 2.75) is 12.8 Å². The van der Waals surface area contributed by atoms with Gasteiger partial charge in [-0.3, -0.25) is 4.79 Å². The average molecular weight is 270 g/mol. The van der Waals surface area contributed by atoms with Crippen LogP contribution >= 0.6 is 0 Å². The maximum absolute atomic E-state index is 12.0. The van der Waals surface area contributed by atoms with Gasteiger partial charge in [0.2, 0.25) is 0 Å². The van der Waals surface area contributed by atoms with E-state index in [1.165, 1.54) is 12.1 Å². The van der Waals surface area contributed by atoms with E-state index in [0.717, 1.165) is 24.1 Å². The smallest absolute Gasteiger partial charge is 0.255 e. The van der Waals surface area contributed by atoms with Gasteiger partial charge in [-0.05, 0) is 61.3 Å². The number of carbonyl (C=O) groups excluding carboxylic acids is 1. The summed E-state index contributed by atoms with van der Waals surface area (Å²) in [6, 6.07) is 13.9. The molecule has 0 aliphatic rings. The van der Waals surface area contributed by atoms with Crippen molar-refractivity contribution in [1.82, 2.24) is 0 Å². The molecular formula is C16H18N2O2. The van der Waals surface area contributed by atoms with Crippen LogP contribution in [0, 0.1) is 0 Å². The highest BCUT2D eigenvalue weighted by atomic mass is 16.3. The number of aromatic hydroxyl groups is 1. The number of benzene rings is 2. The second-order valence-corrected chi connectivity index (χ2v) is 4.59. The predicted molar refractivity (Wildman–Crippen MR) is 79.9 cm³/mol. The third-order valence-electron chi connectivity index (χ3n) is 2.98. The number of hydrogen-bond acceptors (Lipinski definition) is 3. The Morgan fingerprint density at radius 2 is 1.90 bits per heavy atom. The number of aryl methyl sites for hydroxylation is 1.